The summed E-state index contributed by atoms with van der Waals surface area (Å²) in [4.78, 5) is 12.0. The van der Waals surface area contributed by atoms with E-state index >= 15 is 0 Å². The van der Waals surface area contributed by atoms with Gasteiger partial charge in [-0.25, -0.2) is 4.79 Å². The Bertz CT molecular complexity index is 192. The van der Waals surface area contributed by atoms with E-state index in [-0.39, 0.29) is 0 Å². The van der Waals surface area contributed by atoms with Crippen LogP contribution in [-0.4, -0.2) is 45.2 Å². The maximum Gasteiger partial charge on any atom is 0.407 e. The van der Waals surface area contributed by atoms with Gasteiger partial charge in [0.25, 0.3) is 0 Å². The first-order valence-electron chi connectivity index (χ1n) is 4.96. The van der Waals surface area contributed by atoms with Crippen molar-refractivity contribution in [2.75, 3.05) is 24.6 Å². The van der Waals surface area contributed by atoms with Crippen molar-refractivity contribution in [2.24, 2.45) is 5.92 Å². The van der Waals surface area contributed by atoms with E-state index in [9.17, 15) is 9.35 Å². The number of hydrogen-bond donors (Lipinski definition) is 1. The van der Waals surface area contributed by atoms with E-state index in [1.54, 1.807) is 0 Å². The van der Waals surface area contributed by atoms with Crippen LogP contribution in [0.25, 0.3) is 0 Å². The molecular formula is C9H17NO3S. The van der Waals surface area contributed by atoms with Crippen LogP contribution >= 0.6 is 0 Å². The Balaban J connectivity index is 2.25. The van der Waals surface area contributed by atoms with Gasteiger partial charge in [-0.1, -0.05) is 11.2 Å². The minimum absolute atomic E-state index is 0.450. The summed E-state index contributed by atoms with van der Waals surface area (Å²) >= 11 is -0.712. The van der Waals surface area contributed by atoms with E-state index < -0.39 is 17.3 Å². The van der Waals surface area contributed by atoms with Crippen LogP contribution in [0.2, 0.25) is 0 Å². The highest BCUT2D eigenvalue weighted by Gasteiger charge is 2.24. The summed E-state index contributed by atoms with van der Waals surface area (Å²) in [6.45, 7) is 3.12. The molecule has 1 N–H and O–H groups in total. The summed E-state index contributed by atoms with van der Waals surface area (Å²) in [7, 11) is 0. The molecule has 1 fully saturated rings. The van der Waals surface area contributed by atoms with Crippen LogP contribution in [0.15, 0.2) is 0 Å². The third kappa shape index (κ3) is 3.38. The summed E-state index contributed by atoms with van der Waals surface area (Å²) in [5.74, 6) is 1.90. The largest absolute Gasteiger partial charge is 0.616 e. The fraction of sp³-hybridized carbons (Fsp3) is 0.889. The second-order valence-corrected chi connectivity index (χ2v) is 5.40. The number of rotatable bonds is 3. The molecule has 14 heavy (non-hydrogen) atoms. The number of hydrogen-bond acceptors (Lipinski definition) is 2. The van der Waals surface area contributed by atoms with Gasteiger partial charge in [-0.3, -0.25) is 0 Å². The van der Waals surface area contributed by atoms with Gasteiger partial charge in [-0.2, -0.15) is 0 Å². The summed E-state index contributed by atoms with van der Waals surface area (Å²) < 4.78 is 11.3. The Morgan fingerprint density at radius 2 is 2.14 bits per heavy atom. The van der Waals surface area contributed by atoms with Crippen molar-refractivity contribution in [2.45, 2.75) is 19.8 Å². The summed E-state index contributed by atoms with van der Waals surface area (Å²) in [5.41, 5.74) is 0. The number of piperidine rings is 1. The Morgan fingerprint density at radius 3 is 2.57 bits per heavy atom. The van der Waals surface area contributed by atoms with E-state index in [0.29, 0.717) is 24.8 Å². The number of likely N-dealkylation sites (tertiary alicyclic amines) is 1. The van der Waals surface area contributed by atoms with Gasteiger partial charge in [0.05, 0.1) is 0 Å². The van der Waals surface area contributed by atoms with Crippen molar-refractivity contribution in [3.05, 3.63) is 0 Å². The van der Waals surface area contributed by atoms with Crippen molar-refractivity contribution < 1.29 is 14.5 Å². The van der Waals surface area contributed by atoms with E-state index in [1.807, 2.05) is 6.92 Å². The molecule has 1 amide bonds. The van der Waals surface area contributed by atoms with Crippen LogP contribution in [0.3, 0.4) is 0 Å². The van der Waals surface area contributed by atoms with Gasteiger partial charge in [0.15, 0.2) is 0 Å². The Hall–Kier alpha value is -0.420. The van der Waals surface area contributed by atoms with Crippen LogP contribution < -0.4 is 0 Å². The number of amides is 1. The lowest BCUT2D eigenvalue weighted by molar-refractivity contribution is 0.127. The first-order valence-corrected chi connectivity index (χ1v) is 6.45. The maximum atomic E-state index is 11.3. The van der Waals surface area contributed by atoms with E-state index in [1.165, 1.54) is 4.90 Å². The fourth-order valence-corrected chi connectivity index (χ4v) is 2.77. The van der Waals surface area contributed by atoms with Crippen LogP contribution in [0.4, 0.5) is 4.79 Å². The van der Waals surface area contributed by atoms with Crippen LogP contribution in [0.1, 0.15) is 19.8 Å². The minimum atomic E-state index is -0.833. The van der Waals surface area contributed by atoms with Gasteiger partial charge < -0.3 is 14.6 Å². The molecule has 0 bridgehead atoms. The van der Waals surface area contributed by atoms with Crippen LogP contribution in [0.5, 0.6) is 0 Å². The topological polar surface area (TPSA) is 63.6 Å². The third-order valence-electron chi connectivity index (χ3n) is 2.63. The van der Waals surface area contributed by atoms with Gasteiger partial charge in [-0.05, 0) is 19.8 Å². The molecule has 0 aliphatic carbocycles. The van der Waals surface area contributed by atoms with Crippen molar-refractivity contribution in [3.8, 4) is 0 Å². The second kappa shape index (κ2) is 5.46. The van der Waals surface area contributed by atoms with Gasteiger partial charge in [0, 0.05) is 19.0 Å². The van der Waals surface area contributed by atoms with E-state index in [4.69, 9.17) is 5.11 Å². The van der Waals surface area contributed by atoms with E-state index in [2.05, 4.69) is 0 Å². The van der Waals surface area contributed by atoms with Crippen molar-refractivity contribution in [1.29, 1.82) is 0 Å². The van der Waals surface area contributed by atoms with Gasteiger partial charge >= 0.3 is 6.09 Å². The number of carboxylic acid groups (broad SMARTS) is 1. The molecular weight excluding hydrogens is 202 g/mol. The maximum absolute atomic E-state index is 11.3. The zero-order valence-electron chi connectivity index (χ0n) is 8.44. The molecule has 0 aromatic heterocycles. The van der Waals surface area contributed by atoms with Crippen LogP contribution in [-0.2, 0) is 11.2 Å². The summed E-state index contributed by atoms with van der Waals surface area (Å²) in [5, 5.41) is 8.72. The van der Waals surface area contributed by atoms with Crippen molar-refractivity contribution >= 4 is 17.3 Å². The molecule has 0 aromatic carbocycles. The molecule has 1 atom stereocenters. The highest BCUT2D eigenvalue weighted by atomic mass is 32.2. The van der Waals surface area contributed by atoms with Crippen molar-refractivity contribution in [1.82, 2.24) is 4.90 Å². The van der Waals surface area contributed by atoms with Crippen LogP contribution in [0, 0.1) is 5.92 Å². The molecule has 1 saturated heterocycles. The molecule has 1 heterocycles. The van der Waals surface area contributed by atoms with Gasteiger partial charge in [0.2, 0.25) is 0 Å². The SMILES string of the molecule is CC[S+]([O-])CC1CCN(C(=O)O)CC1. The molecule has 0 radical (unpaired) electrons. The lowest BCUT2D eigenvalue weighted by atomic mass is 9.99. The Morgan fingerprint density at radius 1 is 1.57 bits per heavy atom. The van der Waals surface area contributed by atoms with Gasteiger partial charge in [0.1, 0.15) is 11.5 Å². The second-order valence-electron chi connectivity index (χ2n) is 3.61. The molecule has 1 aliphatic heterocycles. The summed E-state index contributed by atoms with van der Waals surface area (Å²) in [6, 6.07) is 0. The molecule has 0 spiro atoms. The molecule has 82 valence electrons. The average Bonchev–Trinajstić information content (AvgIpc) is 2.18. The smallest absolute Gasteiger partial charge is 0.407 e. The van der Waals surface area contributed by atoms with Crippen molar-refractivity contribution in [3.63, 3.8) is 0 Å². The first kappa shape index (κ1) is 11.7. The monoisotopic (exact) mass is 219 g/mol. The Labute approximate surface area is 87.5 Å². The molecule has 5 heteroatoms. The number of carbonyl (C=O) groups is 1. The quantitative estimate of drug-likeness (QED) is 0.724. The standard InChI is InChI=1S/C9H17NO3S/c1-2-14(13)7-8-3-5-10(6-4-8)9(11)12/h8H,2-7H2,1H3,(H,11,12). The first-order chi connectivity index (χ1) is 6.63. The molecule has 0 aromatic rings. The highest BCUT2D eigenvalue weighted by molar-refractivity contribution is 7.91. The molecule has 4 nitrogen and oxygen atoms in total. The fourth-order valence-electron chi connectivity index (χ4n) is 1.67. The third-order valence-corrected chi connectivity index (χ3v) is 4.12. The zero-order chi connectivity index (χ0) is 10.6. The molecule has 1 aliphatic rings. The highest BCUT2D eigenvalue weighted by Crippen LogP contribution is 2.19. The minimum Gasteiger partial charge on any atom is -0.616 e. The number of nitrogens with zero attached hydrogens (tertiary/aromatic N) is 1. The van der Waals surface area contributed by atoms with Gasteiger partial charge in [-0.15, -0.1) is 0 Å². The zero-order valence-corrected chi connectivity index (χ0v) is 9.26. The molecule has 1 unspecified atom stereocenters. The lowest BCUT2D eigenvalue weighted by Gasteiger charge is -2.29. The molecule has 1 rings (SSSR count). The average molecular weight is 219 g/mol. The Kier molecular flexibility index (Phi) is 4.54. The predicted octanol–water partition coefficient (Wildman–Crippen LogP) is 1.15. The lowest BCUT2D eigenvalue weighted by Crippen LogP contribution is -2.39. The predicted molar refractivity (Wildman–Crippen MR) is 55.9 cm³/mol. The van der Waals surface area contributed by atoms with E-state index in [0.717, 1.165) is 18.6 Å². The normalized spacial score (nSPS) is 20.9. The molecule has 0 saturated carbocycles. The summed E-state index contributed by atoms with van der Waals surface area (Å²) in [6.07, 6.45) is 0.885.